The molecule has 4 heteroatoms. The Labute approximate surface area is 97.9 Å². The van der Waals surface area contributed by atoms with Gasteiger partial charge >= 0.3 is 5.97 Å². The van der Waals surface area contributed by atoms with E-state index in [4.69, 9.17) is 0 Å². The molecule has 86 valence electrons. The van der Waals surface area contributed by atoms with Crippen molar-refractivity contribution in [2.24, 2.45) is 0 Å². The molecule has 0 saturated heterocycles. The fraction of sp³-hybridized carbons (Fsp3) is 0.0769. The Morgan fingerprint density at radius 1 is 1.41 bits per heavy atom. The number of nitrogens with one attached hydrogen (secondary N) is 1. The van der Waals surface area contributed by atoms with Crippen molar-refractivity contribution in [3.05, 3.63) is 41.6 Å². The third kappa shape index (κ3) is 2.25. The van der Waals surface area contributed by atoms with E-state index in [-0.39, 0.29) is 0 Å². The van der Waals surface area contributed by atoms with Gasteiger partial charge in [0.1, 0.15) is 0 Å². The smallest absolute Gasteiger partial charge is 0.330 e. The van der Waals surface area contributed by atoms with Crippen LogP contribution in [0.5, 0.6) is 0 Å². The average Bonchev–Trinajstić information content (AvgIpc) is 2.78. The Kier molecular flexibility index (Phi) is 3.05. The molecule has 1 N–H and O–H groups in total. The number of carbonyl (C=O) groups excluding carboxylic acids is 2. The van der Waals surface area contributed by atoms with Gasteiger partial charge in [0.25, 0.3) is 0 Å². The number of H-pyrrole nitrogens is 1. The zero-order chi connectivity index (χ0) is 12.3. The van der Waals surface area contributed by atoms with Gasteiger partial charge in [0.15, 0.2) is 6.29 Å². The first kappa shape index (κ1) is 11.1. The number of aromatic amines is 1. The first-order valence-corrected chi connectivity index (χ1v) is 5.07. The largest absolute Gasteiger partial charge is 0.466 e. The molecule has 17 heavy (non-hydrogen) atoms. The van der Waals surface area contributed by atoms with Gasteiger partial charge in [0.2, 0.25) is 0 Å². The maximum atomic E-state index is 10.9. The van der Waals surface area contributed by atoms with E-state index in [1.807, 2.05) is 18.2 Å². The Hall–Kier alpha value is -2.36. The van der Waals surface area contributed by atoms with Crippen LogP contribution in [-0.2, 0) is 9.53 Å². The zero-order valence-corrected chi connectivity index (χ0v) is 9.27. The van der Waals surface area contributed by atoms with Crippen molar-refractivity contribution in [1.29, 1.82) is 0 Å². The van der Waals surface area contributed by atoms with E-state index in [1.165, 1.54) is 13.2 Å². The fourth-order valence-electron chi connectivity index (χ4n) is 1.60. The summed E-state index contributed by atoms with van der Waals surface area (Å²) in [6.45, 7) is 0. The second-order valence-corrected chi connectivity index (χ2v) is 3.52. The van der Waals surface area contributed by atoms with Crippen LogP contribution in [0.3, 0.4) is 0 Å². The average molecular weight is 229 g/mol. The summed E-state index contributed by atoms with van der Waals surface area (Å²) in [7, 11) is 1.33. The molecule has 0 bridgehead atoms. The van der Waals surface area contributed by atoms with E-state index in [9.17, 15) is 9.59 Å². The second-order valence-electron chi connectivity index (χ2n) is 3.52. The van der Waals surface area contributed by atoms with Gasteiger partial charge in [0.05, 0.1) is 7.11 Å². The maximum absolute atomic E-state index is 10.9. The molecule has 0 aliphatic carbocycles. The molecule has 0 spiro atoms. The van der Waals surface area contributed by atoms with Crippen molar-refractivity contribution in [1.82, 2.24) is 4.98 Å². The quantitative estimate of drug-likeness (QED) is 0.498. The van der Waals surface area contributed by atoms with Gasteiger partial charge in [0, 0.05) is 28.7 Å². The summed E-state index contributed by atoms with van der Waals surface area (Å²) in [4.78, 5) is 24.7. The predicted molar refractivity (Wildman–Crippen MR) is 64.7 cm³/mol. The molecule has 0 amide bonds. The van der Waals surface area contributed by atoms with Gasteiger partial charge in [-0.05, 0) is 17.7 Å². The molecule has 1 aromatic carbocycles. The highest BCUT2D eigenvalue weighted by Gasteiger charge is 2.02. The Bertz CT molecular complexity index is 596. The van der Waals surface area contributed by atoms with Crippen LogP contribution >= 0.6 is 0 Å². The first-order chi connectivity index (χ1) is 8.24. The molecule has 0 fully saturated rings. The third-order valence-corrected chi connectivity index (χ3v) is 2.48. The number of carbonyl (C=O) groups is 2. The molecule has 0 aliphatic rings. The summed E-state index contributed by atoms with van der Waals surface area (Å²) in [6.07, 6.45) is 5.48. The summed E-state index contributed by atoms with van der Waals surface area (Å²) in [5.74, 6) is -0.398. The molecule has 0 saturated carbocycles. The van der Waals surface area contributed by atoms with E-state index in [1.54, 1.807) is 12.3 Å². The van der Waals surface area contributed by atoms with Crippen LogP contribution in [0, 0.1) is 0 Å². The SMILES string of the molecule is COC(=O)/C=C/c1ccc2c(C=O)c[nH]c2c1. The summed E-state index contributed by atoms with van der Waals surface area (Å²) in [6, 6.07) is 5.54. The number of rotatable bonds is 3. The lowest BCUT2D eigenvalue weighted by Crippen LogP contribution is -1.93. The number of hydrogen-bond donors (Lipinski definition) is 1. The maximum Gasteiger partial charge on any atom is 0.330 e. The molecule has 0 aliphatic heterocycles. The summed E-state index contributed by atoms with van der Waals surface area (Å²) in [5.41, 5.74) is 2.35. The summed E-state index contributed by atoms with van der Waals surface area (Å²) in [5, 5.41) is 0.871. The third-order valence-electron chi connectivity index (χ3n) is 2.48. The van der Waals surface area contributed by atoms with Crippen LogP contribution < -0.4 is 0 Å². The van der Waals surface area contributed by atoms with Crippen molar-refractivity contribution in [2.45, 2.75) is 0 Å². The second kappa shape index (κ2) is 4.65. The van der Waals surface area contributed by atoms with Crippen LogP contribution in [0.4, 0.5) is 0 Å². The monoisotopic (exact) mass is 229 g/mol. The van der Waals surface area contributed by atoms with Gasteiger partial charge in [-0.2, -0.15) is 0 Å². The Balaban J connectivity index is 2.35. The minimum atomic E-state index is -0.398. The number of esters is 1. The van der Waals surface area contributed by atoms with Crippen LogP contribution in [0.25, 0.3) is 17.0 Å². The molecule has 1 heterocycles. The molecule has 0 atom stereocenters. The van der Waals surface area contributed by atoms with Crippen LogP contribution in [0.15, 0.2) is 30.5 Å². The fourth-order valence-corrected chi connectivity index (χ4v) is 1.60. The lowest BCUT2D eigenvalue weighted by molar-refractivity contribution is -0.134. The van der Waals surface area contributed by atoms with Gasteiger partial charge < -0.3 is 9.72 Å². The van der Waals surface area contributed by atoms with E-state index in [0.29, 0.717) is 5.56 Å². The van der Waals surface area contributed by atoms with Crippen molar-refractivity contribution >= 4 is 29.2 Å². The van der Waals surface area contributed by atoms with Crippen LogP contribution in [-0.4, -0.2) is 24.3 Å². The molecule has 0 unspecified atom stereocenters. The minimum absolute atomic E-state index is 0.398. The number of methoxy groups -OCH3 is 1. The number of aromatic nitrogens is 1. The highest BCUT2D eigenvalue weighted by Crippen LogP contribution is 2.18. The van der Waals surface area contributed by atoms with E-state index in [0.717, 1.165) is 22.8 Å². The molecule has 0 radical (unpaired) electrons. The number of fused-ring (bicyclic) bond motifs is 1. The van der Waals surface area contributed by atoms with Crippen LogP contribution in [0.1, 0.15) is 15.9 Å². The molecule has 2 rings (SSSR count). The van der Waals surface area contributed by atoms with E-state index >= 15 is 0 Å². The number of ether oxygens (including phenoxy) is 1. The highest BCUT2D eigenvalue weighted by molar-refractivity contribution is 5.98. The van der Waals surface area contributed by atoms with Gasteiger partial charge in [-0.25, -0.2) is 4.79 Å². The van der Waals surface area contributed by atoms with Crippen molar-refractivity contribution in [3.8, 4) is 0 Å². The first-order valence-electron chi connectivity index (χ1n) is 5.07. The minimum Gasteiger partial charge on any atom is -0.466 e. The lowest BCUT2D eigenvalue weighted by Gasteiger charge is -1.95. The van der Waals surface area contributed by atoms with Crippen molar-refractivity contribution < 1.29 is 14.3 Å². The number of hydrogen-bond acceptors (Lipinski definition) is 3. The molecule has 2 aromatic rings. The standard InChI is InChI=1S/C13H11NO3/c1-17-13(16)5-3-9-2-4-11-10(8-15)7-14-12(11)6-9/h2-8,14H,1H3/b5-3+. The molecule has 4 nitrogen and oxygen atoms in total. The Morgan fingerprint density at radius 2 is 2.24 bits per heavy atom. The zero-order valence-electron chi connectivity index (χ0n) is 9.27. The van der Waals surface area contributed by atoms with E-state index in [2.05, 4.69) is 9.72 Å². The predicted octanol–water partition coefficient (Wildman–Crippen LogP) is 2.17. The Morgan fingerprint density at radius 3 is 2.94 bits per heavy atom. The van der Waals surface area contributed by atoms with Crippen molar-refractivity contribution in [3.63, 3.8) is 0 Å². The highest BCUT2D eigenvalue weighted by atomic mass is 16.5. The van der Waals surface area contributed by atoms with Gasteiger partial charge in [-0.15, -0.1) is 0 Å². The van der Waals surface area contributed by atoms with Crippen molar-refractivity contribution in [2.75, 3.05) is 7.11 Å². The van der Waals surface area contributed by atoms with E-state index < -0.39 is 5.97 Å². The normalized spacial score (nSPS) is 10.9. The van der Waals surface area contributed by atoms with Crippen LogP contribution in [0.2, 0.25) is 0 Å². The topological polar surface area (TPSA) is 59.2 Å². The summed E-state index contributed by atoms with van der Waals surface area (Å²) < 4.78 is 4.50. The number of benzene rings is 1. The molecule has 1 aromatic heterocycles. The van der Waals surface area contributed by atoms with Gasteiger partial charge in [-0.3, -0.25) is 4.79 Å². The lowest BCUT2D eigenvalue weighted by atomic mass is 10.1. The number of aldehydes is 1. The summed E-state index contributed by atoms with van der Waals surface area (Å²) >= 11 is 0. The molecular formula is C13H11NO3. The molecular weight excluding hydrogens is 218 g/mol. The van der Waals surface area contributed by atoms with Gasteiger partial charge in [-0.1, -0.05) is 12.1 Å².